The van der Waals surface area contributed by atoms with Crippen LogP contribution in [0.15, 0.2) is 34.8 Å². The minimum Gasteiger partial charge on any atom is -0.445 e. The van der Waals surface area contributed by atoms with Crippen molar-refractivity contribution in [3.63, 3.8) is 0 Å². The summed E-state index contributed by atoms with van der Waals surface area (Å²) in [5.74, 6) is 0.868. The van der Waals surface area contributed by atoms with E-state index in [0.717, 1.165) is 12.1 Å². The molecule has 1 fully saturated rings. The fourth-order valence-electron chi connectivity index (χ4n) is 3.78. The number of hydrogen-bond donors (Lipinski definition) is 1. The van der Waals surface area contributed by atoms with Crippen molar-refractivity contribution in [2.75, 3.05) is 44.2 Å². The number of aromatic nitrogens is 1. The molecule has 2 heterocycles. The van der Waals surface area contributed by atoms with Gasteiger partial charge in [-0.2, -0.15) is 13.2 Å². The van der Waals surface area contributed by atoms with Crippen molar-refractivity contribution in [2.24, 2.45) is 0 Å². The number of benzene rings is 1. The van der Waals surface area contributed by atoms with Crippen molar-refractivity contribution in [3.8, 4) is 0 Å². The number of ketones is 1. The molecular weight excluding hydrogens is 425 g/mol. The van der Waals surface area contributed by atoms with Crippen molar-refractivity contribution in [2.45, 2.75) is 19.0 Å². The first-order valence-corrected chi connectivity index (χ1v) is 10.4. The van der Waals surface area contributed by atoms with Gasteiger partial charge in [-0.15, -0.1) is 0 Å². The van der Waals surface area contributed by atoms with Crippen molar-refractivity contribution < 1.29 is 27.2 Å². The third-order valence-electron chi connectivity index (χ3n) is 5.47. The SMILES string of the molecule is O=C1C=Cc2nc(CCNC(=O)CN3CCN(c4cccc(C(F)(F)F)c4)CC3)oc2C1. The van der Waals surface area contributed by atoms with Crippen molar-refractivity contribution in [1.82, 2.24) is 15.2 Å². The van der Waals surface area contributed by atoms with Crippen LogP contribution in [-0.4, -0.2) is 60.8 Å². The minimum absolute atomic E-state index is 0.0262. The molecule has 1 aromatic heterocycles. The van der Waals surface area contributed by atoms with Gasteiger partial charge in [-0.3, -0.25) is 14.5 Å². The highest BCUT2D eigenvalue weighted by atomic mass is 19.4. The fraction of sp³-hybridized carbons (Fsp3) is 0.409. The molecule has 1 N–H and O–H groups in total. The summed E-state index contributed by atoms with van der Waals surface area (Å²) in [4.78, 5) is 31.8. The lowest BCUT2D eigenvalue weighted by atomic mass is 10.1. The van der Waals surface area contributed by atoms with Gasteiger partial charge in [-0.05, 0) is 30.4 Å². The minimum atomic E-state index is -4.37. The predicted molar refractivity (Wildman–Crippen MR) is 111 cm³/mol. The van der Waals surface area contributed by atoms with Crippen LogP contribution in [0.4, 0.5) is 18.9 Å². The number of rotatable bonds is 6. The lowest BCUT2D eigenvalue weighted by molar-refractivity contribution is -0.137. The zero-order valence-electron chi connectivity index (χ0n) is 17.3. The fourth-order valence-corrected chi connectivity index (χ4v) is 3.78. The van der Waals surface area contributed by atoms with Gasteiger partial charge in [0.1, 0.15) is 11.5 Å². The summed E-state index contributed by atoms with van der Waals surface area (Å²) in [7, 11) is 0. The summed E-state index contributed by atoms with van der Waals surface area (Å²) in [5, 5.41) is 2.83. The average Bonchev–Trinajstić information content (AvgIpc) is 3.15. The lowest BCUT2D eigenvalue weighted by Gasteiger charge is -2.36. The number of alkyl halides is 3. The summed E-state index contributed by atoms with van der Waals surface area (Å²) < 4.78 is 44.4. The van der Waals surface area contributed by atoms with Crippen LogP contribution in [0.5, 0.6) is 0 Å². The molecular formula is C22H23F3N4O3. The molecule has 0 spiro atoms. The Labute approximate surface area is 182 Å². The number of piperazine rings is 1. The van der Waals surface area contributed by atoms with Crippen LogP contribution in [-0.2, 0) is 28.6 Å². The maximum Gasteiger partial charge on any atom is 0.416 e. The Morgan fingerprint density at radius 3 is 2.69 bits per heavy atom. The second kappa shape index (κ2) is 9.15. The third kappa shape index (κ3) is 5.37. The Bertz CT molecular complexity index is 1020. The maximum atomic E-state index is 12.9. The highest BCUT2D eigenvalue weighted by Gasteiger charge is 2.31. The van der Waals surface area contributed by atoms with E-state index < -0.39 is 11.7 Å². The normalized spacial score (nSPS) is 16.8. The van der Waals surface area contributed by atoms with Crippen LogP contribution in [0.3, 0.4) is 0 Å². The van der Waals surface area contributed by atoms with E-state index in [4.69, 9.17) is 4.42 Å². The second-order valence-electron chi connectivity index (χ2n) is 7.80. The molecule has 0 bridgehead atoms. The maximum absolute atomic E-state index is 12.9. The summed E-state index contributed by atoms with van der Waals surface area (Å²) in [6, 6.07) is 5.31. The van der Waals surface area contributed by atoms with Gasteiger partial charge in [0.2, 0.25) is 5.91 Å². The number of oxazole rings is 1. The number of amides is 1. The van der Waals surface area contributed by atoms with Crippen molar-refractivity contribution in [1.29, 1.82) is 0 Å². The highest BCUT2D eigenvalue weighted by Crippen LogP contribution is 2.31. The largest absolute Gasteiger partial charge is 0.445 e. The number of nitrogens with one attached hydrogen (secondary N) is 1. The number of allylic oxidation sites excluding steroid dienone is 1. The van der Waals surface area contributed by atoms with E-state index in [9.17, 15) is 22.8 Å². The Balaban J connectivity index is 1.20. The Kier molecular flexibility index (Phi) is 6.31. The standard InChI is InChI=1S/C22H23F3N4O3/c23-22(24,25)15-2-1-3-16(12-15)29-10-8-28(9-11-29)14-20(31)26-7-6-21-27-18-5-4-17(30)13-19(18)32-21/h1-5,12H,6-11,13-14H2,(H,26,31). The first kappa shape index (κ1) is 22.1. The molecule has 4 rings (SSSR count). The molecule has 2 aliphatic rings. The van der Waals surface area contributed by atoms with E-state index >= 15 is 0 Å². The van der Waals surface area contributed by atoms with Gasteiger partial charge in [-0.1, -0.05) is 6.07 Å². The predicted octanol–water partition coefficient (Wildman–Crippen LogP) is 2.31. The summed E-state index contributed by atoms with van der Waals surface area (Å²) in [6.45, 7) is 2.83. The van der Waals surface area contributed by atoms with Crippen LogP contribution in [0.1, 0.15) is 22.9 Å². The average molecular weight is 448 g/mol. The van der Waals surface area contributed by atoms with E-state index in [2.05, 4.69) is 10.3 Å². The molecule has 0 atom stereocenters. The number of carbonyl (C=O) groups excluding carboxylic acids is 2. The molecule has 0 unspecified atom stereocenters. The first-order valence-electron chi connectivity index (χ1n) is 10.4. The van der Waals surface area contributed by atoms with E-state index in [-0.39, 0.29) is 24.7 Å². The van der Waals surface area contributed by atoms with Gasteiger partial charge in [0, 0.05) is 44.8 Å². The molecule has 0 saturated carbocycles. The van der Waals surface area contributed by atoms with Crippen LogP contribution in [0.2, 0.25) is 0 Å². The smallest absolute Gasteiger partial charge is 0.416 e. The number of fused-ring (bicyclic) bond motifs is 1. The zero-order valence-corrected chi connectivity index (χ0v) is 17.3. The summed E-state index contributed by atoms with van der Waals surface area (Å²) in [5.41, 5.74) is 0.532. The number of nitrogens with zero attached hydrogens (tertiary/aromatic N) is 3. The number of hydrogen-bond acceptors (Lipinski definition) is 6. The van der Waals surface area contributed by atoms with E-state index in [1.165, 1.54) is 12.1 Å². The lowest BCUT2D eigenvalue weighted by Crippen LogP contribution is -2.49. The van der Waals surface area contributed by atoms with Crippen LogP contribution < -0.4 is 10.2 Å². The molecule has 2 aromatic rings. The molecule has 0 radical (unpaired) electrons. The van der Waals surface area contributed by atoms with Gasteiger partial charge < -0.3 is 14.6 Å². The van der Waals surface area contributed by atoms with Gasteiger partial charge in [0.15, 0.2) is 11.7 Å². The zero-order chi connectivity index (χ0) is 22.7. The number of halogens is 3. The molecule has 1 amide bonds. The van der Waals surface area contributed by atoms with Crippen LogP contribution >= 0.6 is 0 Å². The van der Waals surface area contributed by atoms with Crippen LogP contribution in [0.25, 0.3) is 6.08 Å². The van der Waals surface area contributed by atoms with Gasteiger partial charge >= 0.3 is 6.18 Å². The number of anilines is 1. The van der Waals surface area contributed by atoms with Crippen molar-refractivity contribution in [3.05, 3.63) is 53.2 Å². The molecule has 1 aliphatic heterocycles. The topological polar surface area (TPSA) is 78.7 Å². The second-order valence-corrected chi connectivity index (χ2v) is 7.80. The quantitative estimate of drug-likeness (QED) is 0.731. The first-order chi connectivity index (χ1) is 15.3. The van der Waals surface area contributed by atoms with E-state index in [1.807, 2.05) is 9.80 Å². The molecule has 170 valence electrons. The molecule has 7 nitrogen and oxygen atoms in total. The third-order valence-corrected chi connectivity index (χ3v) is 5.47. The Morgan fingerprint density at radius 1 is 1.16 bits per heavy atom. The highest BCUT2D eigenvalue weighted by molar-refractivity contribution is 5.97. The Morgan fingerprint density at radius 2 is 1.94 bits per heavy atom. The summed E-state index contributed by atoms with van der Waals surface area (Å²) in [6.07, 6.45) is -0.634. The van der Waals surface area contributed by atoms with E-state index in [1.54, 1.807) is 12.1 Å². The molecule has 1 aliphatic carbocycles. The molecule has 32 heavy (non-hydrogen) atoms. The molecule has 1 aromatic carbocycles. The van der Waals surface area contributed by atoms with E-state index in [0.29, 0.717) is 62.2 Å². The van der Waals surface area contributed by atoms with Gasteiger partial charge in [0.05, 0.1) is 18.5 Å². The van der Waals surface area contributed by atoms with Crippen molar-refractivity contribution >= 4 is 23.5 Å². The molecule has 10 heteroatoms. The summed E-state index contributed by atoms with van der Waals surface area (Å²) >= 11 is 0. The van der Waals surface area contributed by atoms with Gasteiger partial charge in [-0.25, -0.2) is 4.98 Å². The van der Waals surface area contributed by atoms with Crippen LogP contribution in [0, 0.1) is 0 Å². The monoisotopic (exact) mass is 448 g/mol. The number of carbonyl (C=O) groups is 2. The molecule has 1 saturated heterocycles. The Hall–Kier alpha value is -3.14. The van der Waals surface area contributed by atoms with Gasteiger partial charge in [0.25, 0.3) is 0 Å².